The summed E-state index contributed by atoms with van der Waals surface area (Å²) < 4.78 is 6.32. The molecule has 0 unspecified atom stereocenters. The van der Waals surface area contributed by atoms with Gasteiger partial charge in [-0.3, -0.25) is 9.69 Å². The maximum Gasteiger partial charge on any atom is 0.238 e. The molecule has 128 valence electrons. The van der Waals surface area contributed by atoms with Gasteiger partial charge in [0.15, 0.2) is 0 Å². The van der Waals surface area contributed by atoms with Crippen LogP contribution in [0.3, 0.4) is 0 Å². The Balaban J connectivity index is 1.97. The number of hydrogen-bond acceptors (Lipinski definition) is 3. The quantitative estimate of drug-likeness (QED) is 0.761. The highest BCUT2D eigenvalue weighted by Crippen LogP contribution is 2.30. The SMILES string of the molecule is COc1cc(Cl)c(C)cc1NC(=O)CN(C)Cc1ccc(Br)cc1. The molecule has 0 saturated carbocycles. The molecule has 2 aromatic carbocycles. The van der Waals surface area contributed by atoms with Crippen LogP contribution in [0, 0.1) is 6.92 Å². The molecular weight excluding hydrogens is 392 g/mol. The number of rotatable bonds is 6. The summed E-state index contributed by atoms with van der Waals surface area (Å²) in [7, 11) is 3.46. The van der Waals surface area contributed by atoms with Crippen molar-refractivity contribution in [3.05, 3.63) is 57.0 Å². The molecule has 0 aliphatic rings. The maximum absolute atomic E-state index is 12.3. The molecule has 2 aromatic rings. The minimum atomic E-state index is -0.102. The van der Waals surface area contributed by atoms with E-state index in [1.165, 1.54) is 0 Å². The van der Waals surface area contributed by atoms with Crippen LogP contribution in [0.15, 0.2) is 40.9 Å². The van der Waals surface area contributed by atoms with E-state index in [4.69, 9.17) is 16.3 Å². The van der Waals surface area contributed by atoms with Gasteiger partial charge in [0.2, 0.25) is 5.91 Å². The number of amides is 1. The van der Waals surface area contributed by atoms with E-state index in [-0.39, 0.29) is 12.5 Å². The molecule has 0 fully saturated rings. The summed E-state index contributed by atoms with van der Waals surface area (Å²) in [6, 6.07) is 11.6. The van der Waals surface area contributed by atoms with Crippen LogP contribution in [0.1, 0.15) is 11.1 Å². The van der Waals surface area contributed by atoms with Crippen molar-refractivity contribution < 1.29 is 9.53 Å². The van der Waals surface area contributed by atoms with E-state index < -0.39 is 0 Å². The molecule has 2 rings (SSSR count). The number of benzene rings is 2. The third-order valence-electron chi connectivity index (χ3n) is 3.53. The Bertz CT molecular complexity index is 720. The van der Waals surface area contributed by atoms with Crippen LogP contribution in [0.25, 0.3) is 0 Å². The Morgan fingerprint density at radius 2 is 1.96 bits per heavy atom. The Kier molecular flexibility index (Phi) is 6.66. The molecule has 0 bridgehead atoms. The van der Waals surface area contributed by atoms with Crippen LogP contribution in [0.5, 0.6) is 5.75 Å². The molecule has 24 heavy (non-hydrogen) atoms. The summed E-state index contributed by atoms with van der Waals surface area (Å²) in [4.78, 5) is 14.2. The number of nitrogens with zero attached hydrogens (tertiary/aromatic N) is 1. The van der Waals surface area contributed by atoms with E-state index in [2.05, 4.69) is 21.2 Å². The van der Waals surface area contributed by atoms with Gasteiger partial charge in [0.25, 0.3) is 0 Å². The zero-order valence-corrected chi connectivity index (χ0v) is 16.2. The standard InChI is InChI=1S/C18H20BrClN2O2/c1-12-8-16(17(24-3)9-15(12)20)21-18(23)11-22(2)10-13-4-6-14(19)7-5-13/h4-9H,10-11H2,1-3H3,(H,21,23). The number of carbonyl (C=O) groups excluding carboxylic acids is 1. The predicted molar refractivity (Wildman–Crippen MR) is 102 cm³/mol. The number of methoxy groups -OCH3 is 1. The fourth-order valence-corrected chi connectivity index (χ4v) is 2.74. The van der Waals surface area contributed by atoms with Gasteiger partial charge in [0.1, 0.15) is 5.75 Å². The van der Waals surface area contributed by atoms with Crippen LogP contribution in [0.2, 0.25) is 5.02 Å². The highest BCUT2D eigenvalue weighted by atomic mass is 79.9. The van der Waals surface area contributed by atoms with Crippen LogP contribution in [-0.2, 0) is 11.3 Å². The zero-order valence-electron chi connectivity index (χ0n) is 13.9. The molecule has 0 heterocycles. The normalized spacial score (nSPS) is 10.8. The van der Waals surface area contributed by atoms with Crippen molar-refractivity contribution in [3.63, 3.8) is 0 Å². The Labute approximate surface area is 155 Å². The first-order valence-electron chi connectivity index (χ1n) is 7.46. The third kappa shape index (κ3) is 5.23. The molecule has 6 heteroatoms. The first-order chi connectivity index (χ1) is 11.4. The van der Waals surface area contributed by atoms with E-state index in [0.717, 1.165) is 15.6 Å². The molecular formula is C18H20BrClN2O2. The van der Waals surface area contributed by atoms with Crippen LogP contribution >= 0.6 is 27.5 Å². The summed E-state index contributed by atoms with van der Waals surface area (Å²) in [6.07, 6.45) is 0. The minimum Gasteiger partial charge on any atom is -0.495 e. The van der Waals surface area contributed by atoms with Crippen molar-refractivity contribution in [1.29, 1.82) is 0 Å². The van der Waals surface area contributed by atoms with Crippen molar-refractivity contribution in [2.75, 3.05) is 26.0 Å². The molecule has 0 aliphatic heterocycles. The number of hydrogen-bond donors (Lipinski definition) is 1. The molecule has 0 aromatic heterocycles. The number of nitrogens with one attached hydrogen (secondary N) is 1. The van der Waals surface area contributed by atoms with E-state index >= 15 is 0 Å². The Morgan fingerprint density at radius 1 is 1.29 bits per heavy atom. The fourth-order valence-electron chi connectivity index (χ4n) is 2.32. The van der Waals surface area contributed by atoms with Crippen LogP contribution < -0.4 is 10.1 Å². The topological polar surface area (TPSA) is 41.6 Å². The first-order valence-corrected chi connectivity index (χ1v) is 8.63. The number of likely N-dealkylation sites (N-methyl/N-ethyl adjacent to an activating group) is 1. The molecule has 0 radical (unpaired) electrons. The van der Waals surface area contributed by atoms with Gasteiger partial charge in [-0.2, -0.15) is 0 Å². The minimum absolute atomic E-state index is 0.102. The monoisotopic (exact) mass is 410 g/mol. The van der Waals surface area contributed by atoms with Crippen molar-refractivity contribution >= 4 is 39.1 Å². The van der Waals surface area contributed by atoms with Gasteiger partial charge in [-0.1, -0.05) is 39.7 Å². The van der Waals surface area contributed by atoms with E-state index in [9.17, 15) is 4.79 Å². The highest BCUT2D eigenvalue weighted by Gasteiger charge is 2.12. The van der Waals surface area contributed by atoms with Gasteiger partial charge in [-0.05, 0) is 43.3 Å². The Hall–Kier alpha value is -1.56. The van der Waals surface area contributed by atoms with E-state index in [0.29, 0.717) is 23.0 Å². The van der Waals surface area contributed by atoms with E-state index in [1.54, 1.807) is 13.2 Å². The van der Waals surface area contributed by atoms with Gasteiger partial charge in [-0.15, -0.1) is 0 Å². The highest BCUT2D eigenvalue weighted by molar-refractivity contribution is 9.10. The fraction of sp³-hybridized carbons (Fsp3) is 0.278. The van der Waals surface area contributed by atoms with Crippen LogP contribution in [-0.4, -0.2) is 31.5 Å². The van der Waals surface area contributed by atoms with Gasteiger partial charge in [0.05, 0.1) is 19.3 Å². The third-order valence-corrected chi connectivity index (χ3v) is 4.47. The summed E-state index contributed by atoms with van der Waals surface area (Å²) in [6.45, 7) is 2.86. The number of aryl methyl sites for hydroxylation is 1. The summed E-state index contributed by atoms with van der Waals surface area (Å²) in [5, 5.41) is 3.49. The molecule has 0 aliphatic carbocycles. The number of ether oxygens (including phenoxy) is 1. The lowest BCUT2D eigenvalue weighted by Crippen LogP contribution is -2.30. The molecule has 0 atom stereocenters. The van der Waals surface area contributed by atoms with Gasteiger partial charge >= 0.3 is 0 Å². The first kappa shape index (κ1) is 18.8. The average molecular weight is 412 g/mol. The maximum atomic E-state index is 12.3. The zero-order chi connectivity index (χ0) is 17.7. The van der Waals surface area contributed by atoms with Crippen molar-refractivity contribution in [1.82, 2.24) is 4.90 Å². The lowest BCUT2D eigenvalue weighted by atomic mass is 10.2. The average Bonchev–Trinajstić information content (AvgIpc) is 2.52. The summed E-state index contributed by atoms with van der Waals surface area (Å²) in [5.74, 6) is 0.448. The largest absolute Gasteiger partial charge is 0.495 e. The second kappa shape index (κ2) is 8.51. The second-order valence-corrected chi connectivity index (χ2v) is 6.97. The second-order valence-electron chi connectivity index (χ2n) is 5.65. The summed E-state index contributed by atoms with van der Waals surface area (Å²) >= 11 is 9.50. The van der Waals surface area contributed by atoms with Crippen molar-refractivity contribution in [2.24, 2.45) is 0 Å². The molecule has 1 amide bonds. The smallest absolute Gasteiger partial charge is 0.238 e. The van der Waals surface area contributed by atoms with E-state index in [1.807, 2.05) is 49.2 Å². The number of carbonyl (C=O) groups is 1. The number of halogens is 2. The van der Waals surface area contributed by atoms with Gasteiger partial charge in [0, 0.05) is 22.1 Å². The molecule has 4 nitrogen and oxygen atoms in total. The van der Waals surface area contributed by atoms with Gasteiger partial charge < -0.3 is 10.1 Å². The molecule has 0 spiro atoms. The molecule has 0 saturated heterocycles. The Morgan fingerprint density at radius 3 is 2.58 bits per heavy atom. The van der Waals surface area contributed by atoms with Crippen LogP contribution in [0.4, 0.5) is 5.69 Å². The molecule has 1 N–H and O–H groups in total. The lowest BCUT2D eigenvalue weighted by Gasteiger charge is -2.17. The lowest BCUT2D eigenvalue weighted by molar-refractivity contribution is -0.117. The van der Waals surface area contributed by atoms with Crippen molar-refractivity contribution in [3.8, 4) is 5.75 Å². The predicted octanol–water partition coefficient (Wildman–Crippen LogP) is 4.49. The summed E-state index contributed by atoms with van der Waals surface area (Å²) in [5.41, 5.74) is 2.66. The van der Waals surface area contributed by atoms with Crippen molar-refractivity contribution in [2.45, 2.75) is 13.5 Å². The van der Waals surface area contributed by atoms with Gasteiger partial charge in [-0.25, -0.2) is 0 Å². The number of anilines is 1.